The van der Waals surface area contributed by atoms with Crippen LogP contribution >= 0.6 is 0 Å². The zero-order chi connectivity index (χ0) is 29.2. The Labute approximate surface area is 243 Å². The molecule has 0 radical (unpaired) electrons. The lowest BCUT2D eigenvalue weighted by molar-refractivity contribution is -0.568. The number of allylic oxidation sites excluding steroid dienone is 4. The minimum absolute atomic E-state index is 0.0122. The summed E-state index contributed by atoms with van der Waals surface area (Å²) in [5, 5.41) is 6.90. The van der Waals surface area contributed by atoms with Gasteiger partial charge in [-0.25, -0.2) is 8.97 Å². The summed E-state index contributed by atoms with van der Waals surface area (Å²) in [6.07, 6.45) is 16.5. The van der Waals surface area contributed by atoms with E-state index in [0.29, 0.717) is 30.0 Å². The molecule has 0 bridgehead atoms. The molecule has 0 spiro atoms. The van der Waals surface area contributed by atoms with E-state index in [1.54, 1.807) is 0 Å². The summed E-state index contributed by atoms with van der Waals surface area (Å²) in [6.45, 7) is 13.6. The third-order valence-corrected chi connectivity index (χ3v) is 9.26. The minimum Gasteiger partial charge on any atom is -0.372 e. The van der Waals surface area contributed by atoms with Crippen LogP contribution in [0.25, 0.3) is 0 Å². The Balaban J connectivity index is 1.93. The Hall–Kier alpha value is -2.02. The molecule has 2 heterocycles. The number of hydrogen-bond donors (Lipinski definition) is 3. The Morgan fingerprint density at radius 3 is 2.52 bits per heavy atom. The van der Waals surface area contributed by atoms with Crippen molar-refractivity contribution < 1.29 is 13.8 Å². The van der Waals surface area contributed by atoms with Gasteiger partial charge in [0.25, 0.3) is 0 Å². The van der Waals surface area contributed by atoms with Gasteiger partial charge in [-0.2, -0.15) is 0 Å². The van der Waals surface area contributed by atoms with Crippen molar-refractivity contribution in [2.45, 2.75) is 136 Å². The zero-order valence-electron chi connectivity index (χ0n) is 26.1. The van der Waals surface area contributed by atoms with Gasteiger partial charge < -0.3 is 16.4 Å². The second-order valence-electron chi connectivity index (χ2n) is 12.3. The molecule has 4 N–H and O–H groups in total. The average molecular weight is 559 g/mol. The lowest BCUT2D eigenvalue weighted by atomic mass is 9.83. The fraction of sp³-hybridized carbons (Fsp3) is 0.788. The van der Waals surface area contributed by atoms with Crippen molar-refractivity contribution in [2.75, 3.05) is 6.54 Å². The number of aliphatic imine (C=N–C) groups is 1. The molecule has 7 heteroatoms. The van der Waals surface area contributed by atoms with Gasteiger partial charge >= 0.3 is 0 Å². The van der Waals surface area contributed by atoms with E-state index in [1.807, 2.05) is 19.9 Å². The molecule has 7 unspecified atom stereocenters. The second kappa shape index (κ2) is 15.8. The van der Waals surface area contributed by atoms with E-state index in [1.165, 1.54) is 38.2 Å². The first-order valence-corrected chi connectivity index (χ1v) is 16.3. The van der Waals surface area contributed by atoms with E-state index < -0.39 is 18.1 Å². The maximum Gasteiger partial charge on any atom is 0.229 e. The van der Waals surface area contributed by atoms with Crippen LogP contribution in [0.2, 0.25) is 0 Å². The van der Waals surface area contributed by atoms with Gasteiger partial charge in [0.15, 0.2) is 12.3 Å². The molecule has 1 fully saturated rings. The van der Waals surface area contributed by atoms with Crippen LogP contribution in [0, 0.1) is 23.7 Å². The molecule has 1 saturated carbocycles. The van der Waals surface area contributed by atoms with Gasteiger partial charge in [-0.15, -0.1) is 0 Å². The van der Waals surface area contributed by atoms with Crippen molar-refractivity contribution in [2.24, 2.45) is 34.4 Å². The van der Waals surface area contributed by atoms with Crippen LogP contribution in [0.1, 0.15) is 112 Å². The second-order valence-corrected chi connectivity index (χ2v) is 12.3. The van der Waals surface area contributed by atoms with E-state index in [9.17, 15) is 4.79 Å². The lowest BCUT2D eigenvalue weighted by Gasteiger charge is -2.35. The number of unbranched alkanes of at least 4 members (excludes halogenated alkanes) is 1. The highest BCUT2D eigenvalue weighted by atomic mass is 19.1. The van der Waals surface area contributed by atoms with Crippen molar-refractivity contribution in [3.05, 3.63) is 23.7 Å². The quantitative estimate of drug-likeness (QED) is 0.233. The van der Waals surface area contributed by atoms with Crippen molar-refractivity contribution in [3.63, 3.8) is 0 Å². The fourth-order valence-electron chi connectivity index (χ4n) is 6.80. The molecule has 1 aliphatic carbocycles. The van der Waals surface area contributed by atoms with E-state index in [-0.39, 0.29) is 23.7 Å². The van der Waals surface area contributed by atoms with Gasteiger partial charge in [0.1, 0.15) is 18.4 Å². The maximum atomic E-state index is 15.4. The molecule has 226 valence electrons. The SMILES string of the molecule is CCCCC1CC(C2CC2)C(NC(=O)C2C(C)N=C(CCC)C(F)=CC=C(C(CC)CCC)NC2N)C=[N+]1CC. The van der Waals surface area contributed by atoms with Crippen LogP contribution in [-0.4, -0.2) is 53.2 Å². The van der Waals surface area contributed by atoms with Crippen LogP contribution in [0.4, 0.5) is 4.39 Å². The molecule has 0 aromatic carbocycles. The Morgan fingerprint density at radius 1 is 1.18 bits per heavy atom. The Bertz CT molecular complexity index is 952. The van der Waals surface area contributed by atoms with Gasteiger partial charge in [0.2, 0.25) is 5.91 Å². The van der Waals surface area contributed by atoms with Crippen molar-refractivity contribution in [1.29, 1.82) is 0 Å². The lowest BCUT2D eigenvalue weighted by Crippen LogP contribution is -2.58. The first kappa shape index (κ1) is 32.5. The van der Waals surface area contributed by atoms with Crippen LogP contribution in [-0.2, 0) is 4.79 Å². The van der Waals surface area contributed by atoms with Gasteiger partial charge in [0, 0.05) is 18.5 Å². The molecule has 6 nitrogen and oxygen atoms in total. The van der Waals surface area contributed by atoms with Crippen molar-refractivity contribution in [3.8, 4) is 0 Å². The third-order valence-electron chi connectivity index (χ3n) is 9.26. The van der Waals surface area contributed by atoms with Crippen LogP contribution in [0.5, 0.6) is 0 Å². The number of nitrogens with zero attached hydrogens (tertiary/aromatic N) is 2. The first-order valence-electron chi connectivity index (χ1n) is 16.3. The molecular weight excluding hydrogens is 501 g/mol. The highest BCUT2D eigenvalue weighted by Gasteiger charge is 2.45. The number of nitrogens with one attached hydrogen (secondary N) is 2. The highest BCUT2D eigenvalue weighted by molar-refractivity contribution is 5.98. The molecule has 0 saturated heterocycles. The number of carbonyl (C=O) groups excluding carboxylic acids is 1. The highest BCUT2D eigenvalue weighted by Crippen LogP contribution is 2.42. The summed E-state index contributed by atoms with van der Waals surface area (Å²) in [5.74, 6) is 0.336. The van der Waals surface area contributed by atoms with Crippen LogP contribution in [0.15, 0.2) is 28.7 Å². The molecule has 0 aromatic heterocycles. The monoisotopic (exact) mass is 558 g/mol. The summed E-state index contributed by atoms with van der Waals surface area (Å²) in [7, 11) is 0. The number of carbonyl (C=O) groups is 1. The van der Waals surface area contributed by atoms with E-state index in [0.717, 1.165) is 44.3 Å². The summed E-state index contributed by atoms with van der Waals surface area (Å²) in [6, 6.07) is 0.0756. The Morgan fingerprint density at radius 2 is 1.93 bits per heavy atom. The minimum atomic E-state index is -0.629. The van der Waals surface area contributed by atoms with E-state index in [4.69, 9.17) is 10.7 Å². The number of amides is 1. The molecule has 7 atom stereocenters. The summed E-state index contributed by atoms with van der Waals surface area (Å²) in [4.78, 5) is 18.9. The van der Waals surface area contributed by atoms with E-state index >= 15 is 4.39 Å². The predicted molar refractivity (Wildman–Crippen MR) is 165 cm³/mol. The summed E-state index contributed by atoms with van der Waals surface area (Å²) >= 11 is 0. The first-order chi connectivity index (χ1) is 19.3. The topological polar surface area (TPSA) is 82.5 Å². The molecule has 2 aliphatic heterocycles. The molecule has 1 amide bonds. The van der Waals surface area contributed by atoms with Crippen LogP contribution in [0.3, 0.4) is 0 Å². The van der Waals surface area contributed by atoms with Gasteiger partial charge in [-0.3, -0.25) is 9.79 Å². The van der Waals surface area contributed by atoms with E-state index in [2.05, 4.69) is 49.1 Å². The largest absolute Gasteiger partial charge is 0.372 e. The standard InChI is InChI=1S/C33H56FN5O/c1-7-12-15-25-20-26(24-16-17-24)30(21-39(25)11-5)38-33(40)31-22(6)36-29(14-9-3)27(34)18-19-28(37-32(31)35)23(10-4)13-8-2/h18-19,21-26,30-32H,7-17,20,35H2,1-6H3,(H-,36,37,38,40)/p+1. The molecular formula is C33H57FN5O+. The Kier molecular flexibility index (Phi) is 12.9. The predicted octanol–water partition coefficient (Wildman–Crippen LogP) is 6.26. The number of nitrogens with two attached hydrogens (primary N) is 1. The molecule has 40 heavy (non-hydrogen) atoms. The average Bonchev–Trinajstić information content (AvgIpc) is 3.77. The fourth-order valence-corrected chi connectivity index (χ4v) is 6.80. The third kappa shape index (κ3) is 8.50. The summed E-state index contributed by atoms with van der Waals surface area (Å²) < 4.78 is 17.8. The number of halogens is 1. The number of hydrogen-bond acceptors (Lipinski definition) is 4. The van der Waals surface area contributed by atoms with Gasteiger partial charge in [-0.1, -0.05) is 47.0 Å². The van der Waals surface area contributed by atoms with Crippen molar-refractivity contribution in [1.82, 2.24) is 10.6 Å². The zero-order valence-corrected chi connectivity index (χ0v) is 26.1. The number of rotatable bonds is 13. The normalized spacial score (nSPS) is 30.3. The maximum absolute atomic E-state index is 15.4. The molecule has 0 aromatic rings. The molecule has 3 rings (SSSR count). The molecule has 3 aliphatic rings. The van der Waals surface area contributed by atoms with Crippen molar-refractivity contribution >= 4 is 17.8 Å². The van der Waals surface area contributed by atoms with Crippen LogP contribution < -0.4 is 16.4 Å². The summed E-state index contributed by atoms with van der Waals surface area (Å²) in [5.41, 5.74) is 8.15. The van der Waals surface area contributed by atoms with Gasteiger partial charge in [0.05, 0.1) is 23.8 Å². The van der Waals surface area contributed by atoms with Gasteiger partial charge in [-0.05, 0) is 82.3 Å². The smallest absolute Gasteiger partial charge is 0.229 e.